The van der Waals surface area contributed by atoms with Gasteiger partial charge in [0.2, 0.25) is 0 Å². The molecule has 0 amide bonds. The van der Waals surface area contributed by atoms with Crippen molar-refractivity contribution in [3.8, 4) is 5.75 Å². The number of hydrogen-bond acceptors (Lipinski definition) is 3. The lowest BCUT2D eigenvalue weighted by atomic mass is 9.92. The summed E-state index contributed by atoms with van der Waals surface area (Å²) in [6.07, 6.45) is 2.25. The van der Waals surface area contributed by atoms with E-state index in [2.05, 4.69) is 0 Å². The van der Waals surface area contributed by atoms with Crippen molar-refractivity contribution in [1.82, 2.24) is 4.90 Å². The van der Waals surface area contributed by atoms with Crippen LogP contribution in [0, 0.1) is 0 Å². The molecule has 1 heterocycles. The molecule has 0 spiro atoms. The van der Waals surface area contributed by atoms with Crippen molar-refractivity contribution in [2.24, 2.45) is 0 Å². The summed E-state index contributed by atoms with van der Waals surface area (Å²) < 4.78 is 5.13. The van der Waals surface area contributed by atoms with E-state index in [9.17, 15) is 9.90 Å². The third-order valence-electron chi connectivity index (χ3n) is 4.20. The predicted octanol–water partition coefficient (Wildman–Crippen LogP) is 3.18. The predicted molar refractivity (Wildman–Crippen MR) is 78.3 cm³/mol. The first-order valence-corrected chi connectivity index (χ1v) is 7.22. The van der Waals surface area contributed by atoms with Crippen LogP contribution in [-0.2, 0) is 11.3 Å². The van der Waals surface area contributed by atoms with Crippen molar-refractivity contribution in [3.63, 3.8) is 0 Å². The molecule has 1 aromatic carbocycles. The third kappa shape index (κ3) is 2.63. The van der Waals surface area contributed by atoms with Gasteiger partial charge in [-0.1, -0.05) is 24.6 Å². The van der Waals surface area contributed by atoms with Gasteiger partial charge in [0, 0.05) is 6.54 Å². The molecule has 110 valence electrons. The molecule has 1 aliphatic heterocycles. The molecule has 1 unspecified atom stereocenters. The van der Waals surface area contributed by atoms with E-state index >= 15 is 0 Å². The van der Waals surface area contributed by atoms with E-state index in [0.29, 0.717) is 30.2 Å². The first-order chi connectivity index (χ1) is 9.53. The third-order valence-corrected chi connectivity index (χ3v) is 4.49. The molecule has 5 heteroatoms. The van der Waals surface area contributed by atoms with E-state index < -0.39 is 11.5 Å². The second-order valence-electron chi connectivity index (χ2n) is 5.18. The Hall–Kier alpha value is -1.26. The smallest absolute Gasteiger partial charge is 0.324 e. The molecule has 2 rings (SSSR count). The van der Waals surface area contributed by atoms with Gasteiger partial charge in [-0.25, -0.2) is 0 Å². The Bertz CT molecular complexity index is 506. The molecule has 1 aromatic rings. The second kappa shape index (κ2) is 6.02. The lowest BCUT2D eigenvalue weighted by Crippen LogP contribution is -2.49. The van der Waals surface area contributed by atoms with E-state index in [0.717, 1.165) is 18.5 Å². The molecule has 0 aromatic heterocycles. The van der Waals surface area contributed by atoms with Crippen molar-refractivity contribution in [3.05, 3.63) is 28.8 Å². The van der Waals surface area contributed by atoms with E-state index in [-0.39, 0.29) is 0 Å². The average Bonchev–Trinajstić information content (AvgIpc) is 2.83. The molecular weight excluding hydrogens is 278 g/mol. The van der Waals surface area contributed by atoms with Gasteiger partial charge in [-0.05, 0) is 43.5 Å². The summed E-state index contributed by atoms with van der Waals surface area (Å²) in [5.74, 6) is -0.0889. The van der Waals surface area contributed by atoms with Crippen LogP contribution in [-0.4, -0.2) is 35.2 Å². The van der Waals surface area contributed by atoms with Crippen molar-refractivity contribution in [2.75, 3.05) is 13.7 Å². The maximum Gasteiger partial charge on any atom is 0.324 e. The SMILES string of the molecule is CCC1(C(=O)O)CCCN1Cc1ccc(OC)c(Cl)c1. The number of ether oxygens (including phenoxy) is 1. The molecule has 1 N–H and O–H groups in total. The fourth-order valence-electron chi connectivity index (χ4n) is 2.99. The van der Waals surface area contributed by atoms with Gasteiger partial charge in [0.15, 0.2) is 0 Å². The molecule has 0 bridgehead atoms. The summed E-state index contributed by atoms with van der Waals surface area (Å²) in [7, 11) is 1.58. The number of nitrogens with zero attached hydrogens (tertiary/aromatic N) is 1. The summed E-state index contributed by atoms with van der Waals surface area (Å²) in [6, 6.07) is 5.61. The Labute approximate surface area is 124 Å². The van der Waals surface area contributed by atoms with Gasteiger partial charge in [0.1, 0.15) is 11.3 Å². The molecular formula is C15H20ClNO3. The Morgan fingerprint density at radius 1 is 1.55 bits per heavy atom. The summed E-state index contributed by atoms with van der Waals surface area (Å²) in [4.78, 5) is 13.7. The van der Waals surface area contributed by atoms with Crippen LogP contribution >= 0.6 is 11.6 Å². The number of carbonyl (C=O) groups is 1. The number of methoxy groups -OCH3 is 1. The fourth-order valence-corrected chi connectivity index (χ4v) is 3.27. The Balaban J connectivity index is 2.20. The van der Waals surface area contributed by atoms with Crippen LogP contribution in [0.5, 0.6) is 5.75 Å². The monoisotopic (exact) mass is 297 g/mol. The van der Waals surface area contributed by atoms with Gasteiger partial charge in [0.05, 0.1) is 12.1 Å². The van der Waals surface area contributed by atoms with E-state index in [4.69, 9.17) is 16.3 Å². The van der Waals surface area contributed by atoms with Gasteiger partial charge in [-0.3, -0.25) is 9.69 Å². The minimum absolute atomic E-state index is 0.557. The van der Waals surface area contributed by atoms with Crippen LogP contribution in [0.3, 0.4) is 0 Å². The highest BCUT2D eigenvalue weighted by Crippen LogP contribution is 2.35. The maximum absolute atomic E-state index is 11.6. The summed E-state index contributed by atoms with van der Waals surface area (Å²) in [5.41, 5.74) is 0.281. The van der Waals surface area contributed by atoms with Crippen molar-refractivity contribution in [1.29, 1.82) is 0 Å². The van der Waals surface area contributed by atoms with E-state index in [1.54, 1.807) is 7.11 Å². The molecule has 4 nitrogen and oxygen atoms in total. The zero-order valence-electron chi connectivity index (χ0n) is 11.9. The van der Waals surface area contributed by atoms with Crippen LogP contribution in [0.1, 0.15) is 31.7 Å². The number of aliphatic carboxylic acids is 1. The van der Waals surface area contributed by atoms with Crippen LogP contribution < -0.4 is 4.74 Å². The van der Waals surface area contributed by atoms with Crippen LogP contribution in [0.15, 0.2) is 18.2 Å². The highest BCUT2D eigenvalue weighted by atomic mass is 35.5. The van der Waals surface area contributed by atoms with Gasteiger partial charge in [0.25, 0.3) is 0 Å². The number of benzene rings is 1. The summed E-state index contributed by atoms with van der Waals surface area (Å²) in [5, 5.41) is 10.1. The molecule has 20 heavy (non-hydrogen) atoms. The molecule has 0 saturated carbocycles. The van der Waals surface area contributed by atoms with E-state index in [1.165, 1.54) is 0 Å². The van der Waals surface area contributed by atoms with Crippen molar-refractivity contribution in [2.45, 2.75) is 38.3 Å². The van der Waals surface area contributed by atoms with Gasteiger partial charge in [-0.2, -0.15) is 0 Å². The summed E-state index contributed by atoms with van der Waals surface area (Å²) in [6.45, 7) is 3.35. The number of likely N-dealkylation sites (tertiary alicyclic amines) is 1. The highest BCUT2D eigenvalue weighted by molar-refractivity contribution is 6.32. The maximum atomic E-state index is 11.6. The number of carboxylic acids is 1. The number of hydrogen-bond donors (Lipinski definition) is 1. The Morgan fingerprint density at radius 3 is 2.85 bits per heavy atom. The Kier molecular flexibility index (Phi) is 4.55. The lowest BCUT2D eigenvalue weighted by molar-refractivity contribution is -0.150. The van der Waals surface area contributed by atoms with Crippen molar-refractivity contribution >= 4 is 17.6 Å². The molecule has 1 saturated heterocycles. The number of carboxylic acid groups (broad SMARTS) is 1. The lowest BCUT2D eigenvalue weighted by Gasteiger charge is -2.34. The zero-order chi connectivity index (χ0) is 14.8. The fraction of sp³-hybridized carbons (Fsp3) is 0.533. The normalized spacial score (nSPS) is 22.9. The Morgan fingerprint density at radius 2 is 2.30 bits per heavy atom. The van der Waals surface area contributed by atoms with Crippen LogP contribution in [0.25, 0.3) is 0 Å². The summed E-state index contributed by atoms with van der Waals surface area (Å²) >= 11 is 6.12. The molecule has 0 aliphatic carbocycles. The molecule has 1 aliphatic rings. The van der Waals surface area contributed by atoms with Gasteiger partial charge < -0.3 is 9.84 Å². The zero-order valence-corrected chi connectivity index (χ0v) is 12.6. The molecule has 0 radical (unpaired) electrons. The minimum Gasteiger partial charge on any atom is -0.495 e. The largest absolute Gasteiger partial charge is 0.495 e. The molecule has 1 fully saturated rings. The number of halogens is 1. The second-order valence-corrected chi connectivity index (χ2v) is 5.59. The van der Waals surface area contributed by atoms with Gasteiger partial charge >= 0.3 is 5.97 Å². The van der Waals surface area contributed by atoms with Crippen LogP contribution in [0.2, 0.25) is 5.02 Å². The van der Waals surface area contributed by atoms with E-state index in [1.807, 2.05) is 30.0 Å². The highest BCUT2D eigenvalue weighted by Gasteiger charge is 2.45. The molecule has 1 atom stereocenters. The first-order valence-electron chi connectivity index (χ1n) is 6.84. The van der Waals surface area contributed by atoms with Crippen LogP contribution in [0.4, 0.5) is 0 Å². The van der Waals surface area contributed by atoms with Crippen molar-refractivity contribution < 1.29 is 14.6 Å². The quantitative estimate of drug-likeness (QED) is 0.907. The first kappa shape index (κ1) is 15.1. The minimum atomic E-state index is -0.730. The standard InChI is InChI=1S/C15H20ClNO3/c1-3-15(14(18)19)7-4-8-17(15)10-11-5-6-13(20-2)12(16)9-11/h5-6,9H,3-4,7-8,10H2,1-2H3,(H,18,19). The van der Waals surface area contributed by atoms with Gasteiger partial charge in [-0.15, -0.1) is 0 Å². The average molecular weight is 298 g/mol. The number of rotatable bonds is 5. The topological polar surface area (TPSA) is 49.8 Å².